The van der Waals surface area contributed by atoms with Gasteiger partial charge in [-0.3, -0.25) is 4.90 Å². The van der Waals surface area contributed by atoms with Crippen LogP contribution >= 0.6 is 38.6 Å². The van der Waals surface area contributed by atoms with E-state index in [4.69, 9.17) is 0 Å². The van der Waals surface area contributed by atoms with Gasteiger partial charge in [0.1, 0.15) is 5.01 Å². The Morgan fingerprint density at radius 2 is 2.21 bits per heavy atom. The molecule has 4 nitrogen and oxygen atoms in total. The van der Waals surface area contributed by atoms with E-state index in [1.165, 1.54) is 9.35 Å². The molecule has 2 heterocycles. The van der Waals surface area contributed by atoms with E-state index < -0.39 is 0 Å². The van der Waals surface area contributed by atoms with Crippen LogP contribution in [0.3, 0.4) is 0 Å². The van der Waals surface area contributed by atoms with Crippen LogP contribution in [0.1, 0.15) is 23.9 Å². The molecular formula is C12H17BrN4S2. The zero-order valence-corrected chi connectivity index (χ0v) is 14.2. The molecule has 0 unspecified atom stereocenters. The zero-order valence-electron chi connectivity index (χ0n) is 11.0. The molecule has 0 fully saturated rings. The fourth-order valence-corrected chi connectivity index (χ4v) is 3.69. The maximum Gasteiger partial charge on any atom is 0.205 e. The Morgan fingerprint density at radius 1 is 1.37 bits per heavy atom. The first-order valence-corrected chi connectivity index (χ1v) is 8.64. The number of halogens is 1. The maximum atomic E-state index is 4.21. The van der Waals surface area contributed by atoms with Gasteiger partial charge in [-0.2, -0.15) is 0 Å². The topological polar surface area (TPSA) is 41.1 Å². The van der Waals surface area contributed by atoms with Crippen LogP contribution in [-0.4, -0.2) is 28.7 Å². The molecule has 0 aliphatic rings. The molecule has 0 saturated carbocycles. The van der Waals surface area contributed by atoms with Gasteiger partial charge in [0.15, 0.2) is 0 Å². The summed E-state index contributed by atoms with van der Waals surface area (Å²) in [6, 6.07) is 2.16. The fourth-order valence-electron chi connectivity index (χ4n) is 1.65. The van der Waals surface area contributed by atoms with E-state index in [1.807, 2.05) is 0 Å². The van der Waals surface area contributed by atoms with Crippen molar-refractivity contribution in [3.63, 3.8) is 0 Å². The van der Waals surface area contributed by atoms with E-state index in [1.54, 1.807) is 22.7 Å². The summed E-state index contributed by atoms with van der Waals surface area (Å²) in [5, 5.41) is 15.8. The summed E-state index contributed by atoms with van der Waals surface area (Å²) >= 11 is 6.84. The predicted molar refractivity (Wildman–Crippen MR) is 85.9 cm³/mol. The van der Waals surface area contributed by atoms with Crippen molar-refractivity contribution in [1.29, 1.82) is 0 Å². The van der Waals surface area contributed by atoms with Gasteiger partial charge in [-0.1, -0.05) is 18.3 Å². The lowest BCUT2D eigenvalue weighted by Crippen LogP contribution is -2.16. The molecule has 2 rings (SSSR count). The van der Waals surface area contributed by atoms with Gasteiger partial charge < -0.3 is 5.32 Å². The number of nitrogens with zero attached hydrogens (tertiary/aromatic N) is 3. The minimum atomic E-state index is 0.832. The van der Waals surface area contributed by atoms with E-state index in [0.29, 0.717) is 0 Å². The van der Waals surface area contributed by atoms with Crippen molar-refractivity contribution < 1.29 is 0 Å². The Labute approximate surface area is 130 Å². The highest BCUT2D eigenvalue weighted by atomic mass is 79.9. The van der Waals surface area contributed by atoms with Crippen LogP contribution in [-0.2, 0) is 13.1 Å². The molecule has 19 heavy (non-hydrogen) atoms. The quantitative estimate of drug-likeness (QED) is 0.814. The molecule has 0 radical (unpaired) electrons. The number of nitrogens with one attached hydrogen (secondary N) is 1. The van der Waals surface area contributed by atoms with Gasteiger partial charge in [-0.15, -0.1) is 21.5 Å². The SMILES string of the molecule is CCCNc1nnc(CN(C)Cc2csc(Br)c2)s1. The second-order valence-electron chi connectivity index (χ2n) is 4.36. The Bertz CT molecular complexity index is 511. The first-order chi connectivity index (χ1) is 9.17. The molecule has 2 aromatic rings. The predicted octanol–water partition coefficient (Wildman–Crippen LogP) is 3.82. The Kier molecular flexibility index (Phi) is 5.75. The standard InChI is InChI=1S/C12H17BrN4S2/c1-3-4-14-12-16-15-11(19-12)7-17(2)6-9-5-10(13)18-8-9/h5,8H,3-4,6-7H2,1-2H3,(H,14,16). The normalized spacial score (nSPS) is 11.2. The number of rotatable bonds is 7. The highest BCUT2D eigenvalue weighted by Crippen LogP contribution is 2.22. The third kappa shape index (κ3) is 4.83. The van der Waals surface area contributed by atoms with Crippen LogP contribution in [0, 0.1) is 0 Å². The van der Waals surface area contributed by atoms with E-state index in [0.717, 1.165) is 36.2 Å². The molecule has 0 spiro atoms. The van der Waals surface area contributed by atoms with E-state index in [-0.39, 0.29) is 0 Å². The molecule has 0 saturated heterocycles. The lowest BCUT2D eigenvalue weighted by Gasteiger charge is -2.13. The van der Waals surface area contributed by atoms with Crippen molar-refractivity contribution >= 4 is 43.7 Å². The van der Waals surface area contributed by atoms with Gasteiger partial charge in [0.05, 0.1) is 10.3 Å². The molecule has 1 N–H and O–H groups in total. The number of aromatic nitrogens is 2. The first kappa shape index (κ1) is 14.9. The van der Waals surface area contributed by atoms with Crippen molar-refractivity contribution in [3.8, 4) is 0 Å². The maximum absolute atomic E-state index is 4.21. The van der Waals surface area contributed by atoms with Crippen LogP contribution in [0.5, 0.6) is 0 Å². The van der Waals surface area contributed by atoms with Gasteiger partial charge in [0.2, 0.25) is 5.13 Å². The minimum absolute atomic E-state index is 0.832. The fraction of sp³-hybridized carbons (Fsp3) is 0.500. The van der Waals surface area contributed by atoms with Crippen LogP contribution in [0.25, 0.3) is 0 Å². The third-order valence-electron chi connectivity index (χ3n) is 2.47. The summed E-state index contributed by atoms with van der Waals surface area (Å²) in [4.78, 5) is 2.25. The molecule has 0 aliphatic heterocycles. The third-order valence-corrected chi connectivity index (χ3v) is 4.89. The first-order valence-electron chi connectivity index (χ1n) is 6.15. The monoisotopic (exact) mass is 360 g/mol. The van der Waals surface area contributed by atoms with Crippen molar-refractivity contribution in [1.82, 2.24) is 15.1 Å². The van der Waals surface area contributed by atoms with Gasteiger partial charge in [-0.25, -0.2) is 0 Å². The molecule has 104 valence electrons. The number of thiophene rings is 1. The average Bonchev–Trinajstić information content (AvgIpc) is 2.96. The summed E-state index contributed by atoms with van der Waals surface area (Å²) in [6.45, 7) is 4.85. The van der Waals surface area contributed by atoms with Crippen molar-refractivity contribution in [2.75, 3.05) is 18.9 Å². The Morgan fingerprint density at radius 3 is 2.89 bits per heavy atom. The molecule has 2 aromatic heterocycles. The van der Waals surface area contributed by atoms with Crippen molar-refractivity contribution in [2.24, 2.45) is 0 Å². The number of hydrogen-bond acceptors (Lipinski definition) is 6. The molecule has 7 heteroatoms. The molecule has 0 aliphatic carbocycles. The largest absolute Gasteiger partial charge is 0.360 e. The smallest absolute Gasteiger partial charge is 0.205 e. The van der Waals surface area contributed by atoms with E-state index >= 15 is 0 Å². The second-order valence-corrected chi connectivity index (χ2v) is 7.71. The minimum Gasteiger partial charge on any atom is -0.360 e. The Hall–Kier alpha value is -0.500. The average molecular weight is 361 g/mol. The lowest BCUT2D eigenvalue weighted by molar-refractivity contribution is 0.318. The zero-order chi connectivity index (χ0) is 13.7. The van der Waals surface area contributed by atoms with Crippen LogP contribution in [0.4, 0.5) is 5.13 Å². The number of hydrogen-bond donors (Lipinski definition) is 1. The molecule has 0 bridgehead atoms. The second kappa shape index (κ2) is 7.33. The van der Waals surface area contributed by atoms with Crippen LogP contribution in [0.2, 0.25) is 0 Å². The van der Waals surface area contributed by atoms with Crippen LogP contribution < -0.4 is 5.32 Å². The van der Waals surface area contributed by atoms with Gasteiger partial charge >= 0.3 is 0 Å². The summed E-state index contributed by atoms with van der Waals surface area (Å²) in [5.41, 5.74) is 1.33. The summed E-state index contributed by atoms with van der Waals surface area (Å²) < 4.78 is 1.18. The van der Waals surface area contributed by atoms with E-state index in [2.05, 4.69) is 61.8 Å². The summed E-state index contributed by atoms with van der Waals surface area (Å²) in [7, 11) is 2.10. The van der Waals surface area contributed by atoms with Crippen molar-refractivity contribution in [3.05, 3.63) is 25.8 Å². The molecule has 0 amide bonds. The molecular weight excluding hydrogens is 344 g/mol. The van der Waals surface area contributed by atoms with Gasteiger partial charge in [0.25, 0.3) is 0 Å². The van der Waals surface area contributed by atoms with Crippen molar-refractivity contribution in [2.45, 2.75) is 26.4 Å². The summed E-state index contributed by atoms with van der Waals surface area (Å²) in [6.07, 6.45) is 1.10. The lowest BCUT2D eigenvalue weighted by atomic mass is 10.3. The van der Waals surface area contributed by atoms with Crippen LogP contribution in [0.15, 0.2) is 15.2 Å². The van der Waals surface area contributed by atoms with Gasteiger partial charge in [0, 0.05) is 13.1 Å². The molecule has 0 atom stereocenters. The van der Waals surface area contributed by atoms with E-state index in [9.17, 15) is 0 Å². The van der Waals surface area contributed by atoms with Gasteiger partial charge in [-0.05, 0) is 46.4 Å². The molecule has 0 aromatic carbocycles. The summed E-state index contributed by atoms with van der Waals surface area (Å²) in [5.74, 6) is 0. The number of anilines is 1. The highest BCUT2D eigenvalue weighted by molar-refractivity contribution is 9.11. The highest BCUT2D eigenvalue weighted by Gasteiger charge is 2.08. The Balaban J connectivity index is 1.84.